The topological polar surface area (TPSA) is 111 Å². The number of imide groups is 1. The zero-order chi connectivity index (χ0) is 24.4. The molecule has 0 aliphatic carbocycles. The Kier molecular flexibility index (Phi) is 5.88. The van der Waals surface area contributed by atoms with Gasteiger partial charge in [-0.1, -0.05) is 42.5 Å². The number of rotatable bonds is 7. The standard InChI is InChI=1S/C26H20N2O7/c29-23(27-17-10-11-21-22(13-17)35-15-34-21)14-33-26(32)20(12-16-6-2-1-3-7-16)28-24(30)18-8-4-5-9-19(18)25(28)31/h1-11,13,20H,12,14-15H2,(H,27,29)/t20-/m1/s1. The first kappa shape index (κ1) is 22.1. The molecule has 0 unspecified atom stereocenters. The average Bonchev–Trinajstić information content (AvgIpc) is 3.44. The molecule has 3 aromatic carbocycles. The van der Waals surface area contributed by atoms with Crippen LogP contribution < -0.4 is 14.8 Å². The van der Waals surface area contributed by atoms with Gasteiger partial charge in [0.2, 0.25) is 6.79 Å². The lowest BCUT2D eigenvalue weighted by atomic mass is 10.0. The molecule has 3 aromatic rings. The average molecular weight is 472 g/mol. The Hall–Kier alpha value is -4.66. The quantitative estimate of drug-likeness (QED) is 0.416. The van der Waals surface area contributed by atoms with Crippen molar-refractivity contribution in [1.82, 2.24) is 4.90 Å². The molecule has 35 heavy (non-hydrogen) atoms. The number of hydrogen-bond donors (Lipinski definition) is 1. The monoisotopic (exact) mass is 472 g/mol. The maximum atomic E-state index is 13.1. The lowest BCUT2D eigenvalue weighted by molar-refractivity contribution is -0.151. The molecule has 2 aliphatic heterocycles. The second-order valence-electron chi connectivity index (χ2n) is 7.96. The SMILES string of the molecule is O=C(COC(=O)[C@@H](Cc1ccccc1)N1C(=O)c2ccccc2C1=O)Nc1ccc2c(c1)OCO2. The zero-order valence-electron chi connectivity index (χ0n) is 18.4. The van der Waals surface area contributed by atoms with Gasteiger partial charge in [0.25, 0.3) is 17.7 Å². The summed E-state index contributed by atoms with van der Waals surface area (Å²) in [5.74, 6) is -1.53. The minimum absolute atomic E-state index is 0.0505. The van der Waals surface area contributed by atoms with Gasteiger partial charge in [-0.25, -0.2) is 4.79 Å². The van der Waals surface area contributed by atoms with Crippen LogP contribution >= 0.6 is 0 Å². The fourth-order valence-corrected chi connectivity index (χ4v) is 4.01. The molecule has 0 spiro atoms. The molecule has 9 nitrogen and oxygen atoms in total. The van der Waals surface area contributed by atoms with E-state index in [1.807, 2.05) is 6.07 Å². The summed E-state index contributed by atoms with van der Waals surface area (Å²) in [6, 6.07) is 19.0. The highest BCUT2D eigenvalue weighted by Gasteiger charge is 2.43. The molecule has 3 amide bonds. The lowest BCUT2D eigenvalue weighted by Crippen LogP contribution is -2.47. The van der Waals surface area contributed by atoms with Crippen molar-refractivity contribution in [3.05, 3.63) is 89.5 Å². The molecule has 2 aliphatic rings. The van der Waals surface area contributed by atoms with Gasteiger partial charge in [0.15, 0.2) is 18.1 Å². The van der Waals surface area contributed by atoms with E-state index < -0.39 is 36.3 Å². The summed E-state index contributed by atoms with van der Waals surface area (Å²) in [5, 5.41) is 2.62. The first-order valence-corrected chi connectivity index (χ1v) is 10.9. The summed E-state index contributed by atoms with van der Waals surface area (Å²) in [5.41, 5.74) is 1.63. The molecule has 1 atom stereocenters. The summed E-state index contributed by atoms with van der Waals surface area (Å²) >= 11 is 0. The molecule has 176 valence electrons. The number of nitrogens with one attached hydrogen (secondary N) is 1. The van der Waals surface area contributed by atoms with Gasteiger partial charge in [-0.2, -0.15) is 0 Å². The normalized spacial score (nSPS) is 14.5. The number of nitrogens with zero attached hydrogens (tertiary/aromatic N) is 1. The molecule has 0 saturated carbocycles. The van der Waals surface area contributed by atoms with E-state index in [1.54, 1.807) is 66.7 Å². The Bertz CT molecular complexity index is 1290. The minimum Gasteiger partial charge on any atom is -0.454 e. The van der Waals surface area contributed by atoms with Crippen molar-refractivity contribution in [2.45, 2.75) is 12.5 Å². The highest BCUT2D eigenvalue weighted by molar-refractivity contribution is 6.22. The number of carbonyl (C=O) groups excluding carboxylic acids is 4. The number of benzene rings is 3. The van der Waals surface area contributed by atoms with E-state index in [9.17, 15) is 19.2 Å². The Morgan fingerprint density at radius 2 is 1.54 bits per heavy atom. The molecular weight excluding hydrogens is 452 g/mol. The third kappa shape index (κ3) is 4.43. The van der Waals surface area contributed by atoms with E-state index in [2.05, 4.69) is 5.32 Å². The van der Waals surface area contributed by atoms with Crippen LogP contribution in [0.2, 0.25) is 0 Å². The van der Waals surface area contributed by atoms with Crippen LogP contribution in [0.3, 0.4) is 0 Å². The maximum absolute atomic E-state index is 13.1. The second-order valence-corrected chi connectivity index (χ2v) is 7.96. The fourth-order valence-electron chi connectivity index (χ4n) is 4.01. The fraction of sp³-hybridized carbons (Fsp3) is 0.154. The molecule has 1 N–H and O–H groups in total. The van der Waals surface area contributed by atoms with Crippen molar-refractivity contribution >= 4 is 29.4 Å². The number of anilines is 1. The summed E-state index contributed by atoms with van der Waals surface area (Å²) in [6.07, 6.45) is 0.0505. The third-order valence-electron chi connectivity index (χ3n) is 5.68. The molecule has 9 heteroatoms. The van der Waals surface area contributed by atoms with Crippen molar-refractivity contribution in [1.29, 1.82) is 0 Å². The molecular formula is C26H20N2O7. The number of hydrogen-bond acceptors (Lipinski definition) is 7. The van der Waals surface area contributed by atoms with Gasteiger partial charge in [0, 0.05) is 18.2 Å². The number of ether oxygens (including phenoxy) is 3. The Morgan fingerprint density at radius 3 is 2.26 bits per heavy atom. The zero-order valence-corrected chi connectivity index (χ0v) is 18.4. The van der Waals surface area contributed by atoms with Crippen molar-refractivity contribution in [3.63, 3.8) is 0 Å². The van der Waals surface area contributed by atoms with Crippen LogP contribution in [0, 0.1) is 0 Å². The smallest absolute Gasteiger partial charge is 0.330 e. The molecule has 0 saturated heterocycles. The molecule has 0 fully saturated rings. The number of carbonyl (C=O) groups is 4. The summed E-state index contributed by atoms with van der Waals surface area (Å²) in [7, 11) is 0. The summed E-state index contributed by atoms with van der Waals surface area (Å²) in [4.78, 5) is 52.5. The molecule has 0 bridgehead atoms. The Balaban J connectivity index is 1.30. The van der Waals surface area contributed by atoms with Crippen molar-refractivity contribution < 1.29 is 33.4 Å². The maximum Gasteiger partial charge on any atom is 0.330 e. The number of esters is 1. The van der Waals surface area contributed by atoms with Crippen LogP contribution in [0.5, 0.6) is 11.5 Å². The molecule has 5 rings (SSSR count). The second kappa shape index (κ2) is 9.30. The van der Waals surface area contributed by atoms with E-state index in [0.29, 0.717) is 17.2 Å². The van der Waals surface area contributed by atoms with Crippen LogP contribution in [0.25, 0.3) is 0 Å². The van der Waals surface area contributed by atoms with E-state index in [1.165, 1.54) is 0 Å². The first-order valence-electron chi connectivity index (χ1n) is 10.9. The van der Waals surface area contributed by atoms with Crippen molar-refractivity contribution in [3.8, 4) is 11.5 Å². The predicted molar refractivity (Wildman–Crippen MR) is 123 cm³/mol. The van der Waals surface area contributed by atoms with Crippen LogP contribution in [0.1, 0.15) is 26.3 Å². The molecule has 0 radical (unpaired) electrons. The van der Waals surface area contributed by atoms with E-state index in [4.69, 9.17) is 14.2 Å². The van der Waals surface area contributed by atoms with Crippen molar-refractivity contribution in [2.75, 3.05) is 18.7 Å². The van der Waals surface area contributed by atoms with Gasteiger partial charge >= 0.3 is 5.97 Å². The summed E-state index contributed by atoms with van der Waals surface area (Å²) < 4.78 is 15.8. The van der Waals surface area contributed by atoms with Gasteiger partial charge in [0.1, 0.15) is 6.04 Å². The first-order chi connectivity index (χ1) is 17.0. The van der Waals surface area contributed by atoms with Gasteiger partial charge in [-0.05, 0) is 29.8 Å². The third-order valence-corrected chi connectivity index (χ3v) is 5.68. The van der Waals surface area contributed by atoms with E-state index in [0.717, 1.165) is 10.5 Å². The highest BCUT2D eigenvalue weighted by atomic mass is 16.7. The number of amides is 3. The van der Waals surface area contributed by atoms with E-state index >= 15 is 0 Å². The van der Waals surface area contributed by atoms with E-state index in [-0.39, 0.29) is 24.3 Å². The van der Waals surface area contributed by atoms with Gasteiger partial charge in [0.05, 0.1) is 11.1 Å². The largest absolute Gasteiger partial charge is 0.454 e. The Labute approximate surface area is 200 Å². The minimum atomic E-state index is -1.23. The lowest BCUT2D eigenvalue weighted by Gasteiger charge is -2.24. The van der Waals surface area contributed by atoms with Gasteiger partial charge in [-0.15, -0.1) is 0 Å². The summed E-state index contributed by atoms with van der Waals surface area (Å²) in [6.45, 7) is -0.493. The Morgan fingerprint density at radius 1 is 0.886 bits per heavy atom. The van der Waals surface area contributed by atoms with Crippen LogP contribution in [0.4, 0.5) is 5.69 Å². The van der Waals surface area contributed by atoms with Gasteiger partial charge < -0.3 is 19.5 Å². The van der Waals surface area contributed by atoms with Crippen molar-refractivity contribution in [2.24, 2.45) is 0 Å². The highest BCUT2D eigenvalue weighted by Crippen LogP contribution is 2.34. The van der Waals surface area contributed by atoms with Crippen LogP contribution in [0.15, 0.2) is 72.8 Å². The molecule has 0 aromatic heterocycles. The molecule has 2 heterocycles. The number of fused-ring (bicyclic) bond motifs is 2. The van der Waals surface area contributed by atoms with Crippen LogP contribution in [-0.2, 0) is 20.7 Å². The van der Waals surface area contributed by atoms with Crippen LogP contribution in [-0.4, -0.2) is 48.0 Å². The van der Waals surface area contributed by atoms with Gasteiger partial charge in [-0.3, -0.25) is 19.3 Å². The predicted octanol–water partition coefficient (Wildman–Crippen LogP) is 2.80.